The summed E-state index contributed by atoms with van der Waals surface area (Å²) in [6, 6.07) is -0.525. The van der Waals surface area contributed by atoms with Gasteiger partial charge in [-0.2, -0.15) is 0 Å². The van der Waals surface area contributed by atoms with Gasteiger partial charge in [0.15, 0.2) is 0 Å². The summed E-state index contributed by atoms with van der Waals surface area (Å²) in [6.45, 7) is 1.97. The van der Waals surface area contributed by atoms with Crippen molar-refractivity contribution < 1.29 is 14.7 Å². The summed E-state index contributed by atoms with van der Waals surface area (Å²) in [5.41, 5.74) is 5.20. The van der Waals surface area contributed by atoms with Crippen molar-refractivity contribution in [2.24, 2.45) is 5.73 Å². The predicted octanol–water partition coefficient (Wildman–Crippen LogP) is 1.41. The molecule has 4 N–H and O–H groups in total. The average Bonchev–Trinajstić information content (AvgIpc) is 2.29. The third-order valence-corrected chi connectivity index (χ3v) is 3.63. The highest BCUT2D eigenvalue weighted by molar-refractivity contribution is 5.83. The number of hydrogen-bond acceptors (Lipinski definition) is 3. The molecular formula is C13H24N2O3. The molecule has 1 amide bonds. The van der Waals surface area contributed by atoms with Crippen molar-refractivity contribution in [1.29, 1.82) is 0 Å². The van der Waals surface area contributed by atoms with E-state index in [-0.39, 0.29) is 12.3 Å². The molecular weight excluding hydrogens is 232 g/mol. The summed E-state index contributed by atoms with van der Waals surface area (Å²) in [6.07, 6.45) is 6.01. The van der Waals surface area contributed by atoms with Gasteiger partial charge < -0.3 is 16.2 Å². The topological polar surface area (TPSA) is 92.4 Å². The number of carboxylic acid groups (broad SMARTS) is 1. The van der Waals surface area contributed by atoms with Gasteiger partial charge in [-0.15, -0.1) is 0 Å². The fourth-order valence-corrected chi connectivity index (χ4v) is 2.66. The molecule has 1 atom stereocenters. The van der Waals surface area contributed by atoms with Crippen LogP contribution in [0.25, 0.3) is 0 Å². The minimum Gasteiger partial charge on any atom is -0.481 e. The molecule has 0 aromatic carbocycles. The van der Waals surface area contributed by atoms with Crippen LogP contribution in [0.2, 0.25) is 0 Å². The van der Waals surface area contributed by atoms with Gasteiger partial charge in [0, 0.05) is 0 Å². The number of aliphatic carboxylic acids is 1. The van der Waals surface area contributed by atoms with Gasteiger partial charge in [0.05, 0.1) is 18.0 Å². The second-order valence-electron chi connectivity index (χ2n) is 5.30. The number of nitrogens with one attached hydrogen (secondary N) is 1. The third-order valence-electron chi connectivity index (χ3n) is 3.63. The summed E-state index contributed by atoms with van der Waals surface area (Å²) in [5.74, 6) is -1.07. The van der Waals surface area contributed by atoms with E-state index in [0.717, 1.165) is 38.5 Å². The molecule has 1 rings (SSSR count). The van der Waals surface area contributed by atoms with Crippen LogP contribution < -0.4 is 11.1 Å². The van der Waals surface area contributed by atoms with E-state index in [4.69, 9.17) is 10.8 Å². The Hall–Kier alpha value is -1.10. The van der Waals surface area contributed by atoms with Crippen molar-refractivity contribution in [3.05, 3.63) is 0 Å². The molecule has 0 saturated heterocycles. The molecule has 18 heavy (non-hydrogen) atoms. The van der Waals surface area contributed by atoms with Gasteiger partial charge >= 0.3 is 5.97 Å². The van der Waals surface area contributed by atoms with Crippen molar-refractivity contribution in [1.82, 2.24) is 5.32 Å². The van der Waals surface area contributed by atoms with Gasteiger partial charge in [0.2, 0.25) is 5.91 Å². The van der Waals surface area contributed by atoms with Crippen LogP contribution >= 0.6 is 0 Å². The SMILES string of the molecule is CCCC(N)C(=O)NC1(CC(=O)O)CCCCC1. The van der Waals surface area contributed by atoms with Crippen LogP contribution in [0, 0.1) is 0 Å². The molecule has 104 valence electrons. The lowest BCUT2D eigenvalue weighted by Gasteiger charge is -2.37. The highest BCUT2D eigenvalue weighted by atomic mass is 16.4. The van der Waals surface area contributed by atoms with Crippen molar-refractivity contribution in [3.8, 4) is 0 Å². The first-order valence-electron chi connectivity index (χ1n) is 6.78. The van der Waals surface area contributed by atoms with Crippen molar-refractivity contribution >= 4 is 11.9 Å². The lowest BCUT2D eigenvalue weighted by molar-refractivity contribution is -0.139. The summed E-state index contributed by atoms with van der Waals surface area (Å²) in [7, 11) is 0. The quantitative estimate of drug-likeness (QED) is 0.670. The second-order valence-corrected chi connectivity index (χ2v) is 5.30. The molecule has 1 aliphatic carbocycles. The molecule has 0 bridgehead atoms. The van der Waals surface area contributed by atoms with E-state index in [2.05, 4.69) is 5.32 Å². The predicted molar refractivity (Wildman–Crippen MR) is 69.1 cm³/mol. The van der Waals surface area contributed by atoms with Gasteiger partial charge in [-0.1, -0.05) is 32.6 Å². The van der Waals surface area contributed by atoms with Gasteiger partial charge in [0.25, 0.3) is 0 Å². The van der Waals surface area contributed by atoms with E-state index < -0.39 is 17.6 Å². The molecule has 0 radical (unpaired) electrons. The zero-order valence-corrected chi connectivity index (χ0v) is 11.1. The van der Waals surface area contributed by atoms with E-state index in [1.165, 1.54) is 0 Å². The summed E-state index contributed by atoms with van der Waals surface area (Å²) in [5, 5.41) is 11.9. The molecule has 0 aromatic rings. The third kappa shape index (κ3) is 4.29. The Bertz CT molecular complexity index is 299. The van der Waals surface area contributed by atoms with Gasteiger partial charge in [-0.05, 0) is 19.3 Å². The Morgan fingerprint density at radius 2 is 1.94 bits per heavy atom. The van der Waals surface area contributed by atoms with Crippen LogP contribution in [0.3, 0.4) is 0 Å². The standard InChI is InChI=1S/C13H24N2O3/c1-2-6-10(14)12(18)15-13(9-11(16)17)7-4-3-5-8-13/h10H,2-9,14H2,1H3,(H,15,18)(H,16,17). The van der Waals surface area contributed by atoms with Crippen LogP contribution in [0.5, 0.6) is 0 Å². The molecule has 0 heterocycles. The lowest BCUT2D eigenvalue weighted by Crippen LogP contribution is -2.55. The highest BCUT2D eigenvalue weighted by Crippen LogP contribution is 2.31. The minimum atomic E-state index is -0.860. The molecule has 0 aromatic heterocycles. The Morgan fingerprint density at radius 3 is 2.44 bits per heavy atom. The average molecular weight is 256 g/mol. The Balaban J connectivity index is 2.66. The number of rotatable bonds is 6. The van der Waals surface area contributed by atoms with Crippen molar-refractivity contribution in [3.63, 3.8) is 0 Å². The van der Waals surface area contributed by atoms with Crippen LogP contribution in [-0.4, -0.2) is 28.6 Å². The molecule has 0 spiro atoms. The van der Waals surface area contributed by atoms with Crippen LogP contribution in [-0.2, 0) is 9.59 Å². The fourth-order valence-electron chi connectivity index (χ4n) is 2.66. The monoisotopic (exact) mass is 256 g/mol. The van der Waals surface area contributed by atoms with E-state index in [1.54, 1.807) is 0 Å². The largest absolute Gasteiger partial charge is 0.481 e. The smallest absolute Gasteiger partial charge is 0.305 e. The van der Waals surface area contributed by atoms with Gasteiger partial charge in [0.1, 0.15) is 0 Å². The summed E-state index contributed by atoms with van der Waals surface area (Å²) in [4.78, 5) is 22.9. The Morgan fingerprint density at radius 1 is 1.33 bits per heavy atom. The number of carbonyl (C=O) groups excluding carboxylic acids is 1. The molecule has 1 fully saturated rings. The molecule has 1 saturated carbocycles. The first-order valence-corrected chi connectivity index (χ1v) is 6.78. The Kier molecular flexibility index (Phi) is 5.59. The first kappa shape index (κ1) is 15.0. The minimum absolute atomic E-state index is 0.00240. The van der Waals surface area contributed by atoms with Crippen LogP contribution in [0.4, 0.5) is 0 Å². The number of carbonyl (C=O) groups is 2. The molecule has 5 nitrogen and oxygen atoms in total. The zero-order chi connectivity index (χ0) is 13.6. The number of hydrogen-bond donors (Lipinski definition) is 3. The molecule has 5 heteroatoms. The van der Waals surface area contributed by atoms with Crippen LogP contribution in [0.15, 0.2) is 0 Å². The zero-order valence-electron chi connectivity index (χ0n) is 11.1. The highest BCUT2D eigenvalue weighted by Gasteiger charge is 2.36. The molecule has 1 unspecified atom stereocenters. The van der Waals surface area contributed by atoms with E-state index in [0.29, 0.717) is 6.42 Å². The molecule has 0 aliphatic heterocycles. The van der Waals surface area contributed by atoms with E-state index in [1.807, 2.05) is 6.92 Å². The number of carboxylic acids is 1. The normalized spacial score (nSPS) is 20.1. The van der Waals surface area contributed by atoms with Crippen LogP contribution in [0.1, 0.15) is 58.3 Å². The van der Waals surface area contributed by atoms with Crippen molar-refractivity contribution in [2.75, 3.05) is 0 Å². The Labute approximate surface area is 108 Å². The van der Waals surface area contributed by atoms with Gasteiger partial charge in [-0.3, -0.25) is 9.59 Å². The fraction of sp³-hybridized carbons (Fsp3) is 0.846. The lowest BCUT2D eigenvalue weighted by atomic mass is 9.79. The summed E-state index contributed by atoms with van der Waals surface area (Å²) >= 11 is 0. The first-order chi connectivity index (χ1) is 8.49. The van der Waals surface area contributed by atoms with Crippen molar-refractivity contribution in [2.45, 2.75) is 69.9 Å². The second kappa shape index (κ2) is 6.73. The maximum absolute atomic E-state index is 12.0. The molecule has 1 aliphatic rings. The number of amides is 1. The van der Waals surface area contributed by atoms with E-state index in [9.17, 15) is 9.59 Å². The number of nitrogens with two attached hydrogens (primary N) is 1. The maximum Gasteiger partial charge on any atom is 0.305 e. The maximum atomic E-state index is 12.0. The summed E-state index contributed by atoms with van der Waals surface area (Å²) < 4.78 is 0. The van der Waals surface area contributed by atoms with E-state index >= 15 is 0 Å². The van der Waals surface area contributed by atoms with Gasteiger partial charge in [-0.25, -0.2) is 0 Å².